The molecule has 0 spiro atoms. The maximum Gasteiger partial charge on any atom is 0.293 e. The second-order valence-corrected chi connectivity index (χ2v) is 4.18. The molecule has 0 fully saturated rings. The summed E-state index contributed by atoms with van der Waals surface area (Å²) in [6.07, 6.45) is 1.68. The maximum atomic E-state index is 10.3. The van der Waals surface area contributed by atoms with Crippen LogP contribution >= 0.6 is 11.3 Å². The number of H-pyrrole nitrogens is 1. The number of ether oxygens (including phenoxy) is 1. The average Bonchev–Trinajstić information content (AvgIpc) is 2.91. The Balaban J connectivity index is 2.28. The zero-order valence-corrected chi connectivity index (χ0v) is 9.53. The number of aryl methyl sites for hydroxylation is 1. The van der Waals surface area contributed by atoms with E-state index in [1.807, 2.05) is 13.0 Å². The topological polar surface area (TPSA) is 67.9 Å². The van der Waals surface area contributed by atoms with Gasteiger partial charge in [0, 0.05) is 16.8 Å². The minimum atomic E-state index is -0.0137. The van der Waals surface area contributed by atoms with E-state index >= 15 is 0 Å². The van der Waals surface area contributed by atoms with Gasteiger partial charge in [-0.15, -0.1) is 11.3 Å². The second-order valence-electron chi connectivity index (χ2n) is 3.30. The number of nitrogens with zero attached hydrogens (tertiary/aromatic N) is 2. The molecular formula is C10H11N3O2S. The van der Waals surface area contributed by atoms with E-state index in [1.54, 1.807) is 23.0 Å². The van der Waals surface area contributed by atoms with Gasteiger partial charge in [-0.3, -0.25) is 9.89 Å². The largest absolute Gasteiger partial charge is 0.467 e. The van der Waals surface area contributed by atoms with E-state index in [2.05, 4.69) is 15.2 Å². The summed E-state index contributed by atoms with van der Waals surface area (Å²) in [5, 5.41) is 6.80. The Morgan fingerprint density at radius 3 is 3.12 bits per heavy atom. The third kappa shape index (κ3) is 2.11. The number of carbonyl (C=O) groups excluding carboxylic acids is 1. The van der Waals surface area contributed by atoms with Gasteiger partial charge in [-0.1, -0.05) is 0 Å². The molecule has 16 heavy (non-hydrogen) atoms. The molecule has 0 aliphatic rings. The van der Waals surface area contributed by atoms with Crippen molar-refractivity contribution in [3.63, 3.8) is 0 Å². The standard InChI is InChI=1S/C10H11N3O2S/c1-7-10(16-5-11-7)8(4-15-6-14)9-2-3-12-13-9/h2-3,5-6,8H,4H2,1H3,(H,12,13). The minimum Gasteiger partial charge on any atom is -0.467 e. The van der Waals surface area contributed by atoms with E-state index in [-0.39, 0.29) is 5.92 Å². The van der Waals surface area contributed by atoms with E-state index in [9.17, 15) is 4.79 Å². The van der Waals surface area contributed by atoms with E-state index in [1.165, 1.54) is 0 Å². The first-order valence-corrected chi connectivity index (χ1v) is 5.65. The lowest BCUT2D eigenvalue weighted by atomic mass is 10.0. The van der Waals surface area contributed by atoms with Gasteiger partial charge in [-0.05, 0) is 13.0 Å². The summed E-state index contributed by atoms with van der Waals surface area (Å²) < 4.78 is 4.85. The quantitative estimate of drug-likeness (QED) is 0.800. The van der Waals surface area contributed by atoms with Crippen LogP contribution in [0.5, 0.6) is 0 Å². The predicted octanol–water partition coefficient (Wildman–Crippen LogP) is 1.48. The molecule has 6 heteroatoms. The molecule has 1 N–H and O–H groups in total. The predicted molar refractivity (Wildman–Crippen MR) is 59.3 cm³/mol. The van der Waals surface area contributed by atoms with Gasteiger partial charge in [0.15, 0.2) is 0 Å². The van der Waals surface area contributed by atoms with Crippen LogP contribution in [0.25, 0.3) is 0 Å². The van der Waals surface area contributed by atoms with Crippen molar-refractivity contribution in [3.05, 3.63) is 34.0 Å². The van der Waals surface area contributed by atoms with Crippen molar-refractivity contribution in [1.82, 2.24) is 15.2 Å². The first kappa shape index (κ1) is 10.8. The van der Waals surface area contributed by atoms with Gasteiger partial charge in [0.1, 0.15) is 6.61 Å². The molecule has 2 aromatic rings. The molecule has 0 aromatic carbocycles. The van der Waals surface area contributed by atoms with Crippen molar-refractivity contribution < 1.29 is 9.53 Å². The average molecular weight is 237 g/mol. The van der Waals surface area contributed by atoms with Crippen LogP contribution in [-0.4, -0.2) is 28.3 Å². The minimum absolute atomic E-state index is 0.0137. The molecule has 0 radical (unpaired) electrons. The summed E-state index contributed by atoms with van der Waals surface area (Å²) >= 11 is 1.55. The first-order valence-electron chi connectivity index (χ1n) is 4.77. The van der Waals surface area contributed by atoms with Crippen LogP contribution in [0.15, 0.2) is 17.8 Å². The summed E-state index contributed by atoms with van der Waals surface area (Å²) in [4.78, 5) is 15.6. The van der Waals surface area contributed by atoms with E-state index in [0.29, 0.717) is 13.1 Å². The number of rotatable bonds is 5. The molecule has 1 atom stereocenters. The highest BCUT2D eigenvalue weighted by molar-refractivity contribution is 7.09. The molecule has 0 saturated carbocycles. The fourth-order valence-electron chi connectivity index (χ4n) is 1.55. The van der Waals surface area contributed by atoms with Gasteiger partial charge in [-0.25, -0.2) is 4.98 Å². The number of hydrogen-bond donors (Lipinski definition) is 1. The smallest absolute Gasteiger partial charge is 0.293 e. The SMILES string of the molecule is Cc1ncsc1C(COC=O)c1ccn[nH]1. The molecule has 5 nitrogen and oxygen atoms in total. The van der Waals surface area contributed by atoms with Gasteiger partial charge in [0.2, 0.25) is 0 Å². The molecule has 2 aromatic heterocycles. The van der Waals surface area contributed by atoms with Crippen LogP contribution in [0.4, 0.5) is 0 Å². The molecule has 0 saturated heterocycles. The summed E-state index contributed by atoms with van der Waals surface area (Å²) in [6, 6.07) is 1.87. The molecule has 84 valence electrons. The molecule has 0 amide bonds. The molecule has 2 heterocycles. The number of carbonyl (C=O) groups is 1. The van der Waals surface area contributed by atoms with Crippen molar-refractivity contribution in [2.24, 2.45) is 0 Å². The summed E-state index contributed by atoms with van der Waals surface area (Å²) in [7, 11) is 0. The third-order valence-corrected chi connectivity index (χ3v) is 3.37. The Labute approximate surface area is 96.5 Å². The van der Waals surface area contributed by atoms with Crippen molar-refractivity contribution in [2.45, 2.75) is 12.8 Å². The number of nitrogens with one attached hydrogen (secondary N) is 1. The number of aromatic nitrogens is 3. The normalized spacial score (nSPS) is 12.3. The van der Waals surface area contributed by atoms with Gasteiger partial charge in [-0.2, -0.15) is 5.10 Å². The second kappa shape index (κ2) is 4.89. The molecular weight excluding hydrogens is 226 g/mol. The third-order valence-electron chi connectivity index (χ3n) is 2.33. The van der Waals surface area contributed by atoms with Crippen molar-refractivity contribution in [3.8, 4) is 0 Å². The Bertz CT molecular complexity index is 452. The fourth-order valence-corrected chi connectivity index (χ4v) is 2.46. The molecule has 0 bridgehead atoms. The van der Waals surface area contributed by atoms with Crippen LogP contribution in [0.2, 0.25) is 0 Å². The Hall–Kier alpha value is -1.69. The summed E-state index contributed by atoms with van der Waals surface area (Å²) in [5.74, 6) is -0.0137. The van der Waals surface area contributed by atoms with E-state index in [0.717, 1.165) is 16.3 Å². The molecule has 1 unspecified atom stereocenters. The molecule has 0 aliphatic carbocycles. The van der Waals surface area contributed by atoms with E-state index in [4.69, 9.17) is 4.74 Å². The molecule has 0 aliphatic heterocycles. The lowest BCUT2D eigenvalue weighted by Gasteiger charge is -2.12. The van der Waals surface area contributed by atoms with Gasteiger partial charge in [0.05, 0.1) is 17.1 Å². The van der Waals surface area contributed by atoms with Crippen LogP contribution in [0.3, 0.4) is 0 Å². The maximum absolute atomic E-state index is 10.3. The Morgan fingerprint density at radius 2 is 2.56 bits per heavy atom. The van der Waals surface area contributed by atoms with Crippen LogP contribution in [-0.2, 0) is 9.53 Å². The lowest BCUT2D eigenvalue weighted by molar-refractivity contribution is -0.128. The van der Waals surface area contributed by atoms with Gasteiger partial charge >= 0.3 is 0 Å². The van der Waals surface area contributed by atoms with E-state index < -0.39 is 0 Å². The van der Waals surface area contributed by atoms with Crippen molar-refractivity contribution in [1.29, 1.82) is 0 Å². The highest BCUT2D eigenvalue weighted by Crippen LogP contribution is 2.28. The zero-order valence-electron chi connectivity index (χ0n) is 8.71. The highest BCUT2D eigenvalue weighted by Gasteiger charge is 2.20. The fraction of sp³-hybridized carbons (Fsp3) is 0.300. The van der Waals surface area contributed by atoms with Crippen LogP contribution in [0, 0.1) is 6.92 Å². The van der Waals surface area contributed by atoms with Gasteiger partial charge < -0.3 is 4.74 Å². The molecule has 2 rings (SSSR count). The number of aromatic amines is 1. The zero-order chi connectivity index (χ0) is 11.4. The van der Waals surface area contributed by atoms with Crippen molar-refractivity contribution >= 4 is 17.8 Å². The highest BCUT2D eigenvalue weighted by atomic mass is 32.1. The number of hydrogen-bond acceptors (Lipinski definition) is 5. The summed E-state index contributed by atoms with van der Waals surface area (Å²) in [5.41, 5.74) is 3.67. The number of thiazole rings is 1. The Morgan fingerprint density at radius 1 is 1.69 bits per heavy atom. The van der Waals surface area contributed by atoms with Crippen molar-refractivity contribution in [2.75, 3.05) is 6.61 Å². The summed E-state index contributed by atoms with van der Waals surface area (Å²) in [6.45, 7) is 2.70. The van der Waals surface area contributed by atoms with Gasteiger partial charge in [0.25, 0.3) is 6.47 Å². The van der Waals surface area contributed by atoms with Crippen LogP contribution < -0.4 is 0 Å². The monoisotopic (exact) mass is 237 g/mol. The Kier molecular flexibility index (Phi) is 3.31. The lowest BCUT2D eigenvalue weighted by Crippen LogP contribution is -2.09. The van der Waals surface area contributed by atoms with Crippen LogP contribution in [0.1, 0.15) is 22.2 Å². The first-order chi connectivity index (χ1) is 7.83.